The summed E-state index contributed by atoms with van der Waals surface area (Å²) in [4.78, 5) is 0. The molecule has 0 bridgehead atoms. The van der Waals surface area contributed by atoms with Crippen molar-refractivity contribution in [3.8, 4) is 5.75 Å². The average molecular weight is 267 g/mol. The summed E-state index contributed by atoms with van der Waals surface area (Å²) >= 11 is 1.31. The maximum absolute atomic E-state index is 5.07. The second-order valence-electron chi connectivity index (χ2n) is 2.10. The first-order valence-corrected chi connectivity index (χ1v) is 5.39. The number of hydrogen-bond donors (Lipinski definition) is 0. The zero-order valence-corrected chi connectivity index (χ0v) is 11.2. The van der Waals surface area contributed by atoms with E-state index in [4.69, 9.17) is 4.74 Å². The molecular weight excluding hydrogens is 257 g/mol. The van der Waals surface area contributed by atoms with Gasteiger partial charge in [-0.15, -0.1) is 17.0 Å². The molecule has 1 aromatic rings. The van der Waals surface area contributed by atoms with Gasteiger partial charge >= 0.3 is 70.7 Å². The van der Waals surface area contributed by atoms with E-state index in [1.807, 2.05) is 12.1 Å². The van der Waals surface area contributed by atoms with Gasteiger partial charge < -0.3 is 0 Å². The second kappa shape index (κ2) is 5.73. The first kappa shape index (κ1) is 11.1. The number of benzene rings is 1. The van der Waals surface area contributed by atoms with Crippen molar-refractivity contribution in [3.63, 3.8) is 0 Å². The van der Waals surface area contributed by atoms with E-state index >= 15 is 0 Å². The quantitative estimate of drug-likeness (QED) is 0.747. The van der Waals surface area contributed by atoms with Crippen molar-refractivity contribution < 1.29 is 23.0 Å². The first-order chi connectivity index (χ1) is 4.86. The van der Waals surface area contributed by atoms with E-state index in [2.05, 4.69) is 12.1 Å². The molecule has 0 amide bonds. The van der Waals surface area contributed by atoms with E-state index in [0.717, 1.165) is 5.75 Å². The molecule has 3 heteroatoms. The summed E-state index contributed by atoms with van der Waals surface area (Å²) in [5.74, 6) is 0.964. The molecule has 11 heavy (non-hydrogen) atoms. The average Bonchev–Trinajstić information content (AvgIpc) is 2.05. The van der Waals surface area contributed by atoms with E-state index in [9.17, 15) is 0 Å². The molecule has 57 valence electrons. The molecule has 1 nitrogen and oxygen atoms in total. The molecule has 0 N–H and O–H groups in total. The Morgan fingerprint density at radius 2 is 2.18 bits per heavy atom. The van der Waals surface area contributed by atoms with Gasteiger partial charge in [0.15, 0.2) is 0 Å². The molecule has 0 spiro atoms. The molecule has 0 saturated heterocycles. The third kappa shape index (κ3) is 3.35. The molecule has 1 aromatic carbocycles. The number of methoxy groups -OCH3 is 1. The summed E-state index contributed by atoms with van der Waals surface area (Å²) in [6.07, 6.45) is 0. The fraction of sp³-hybridized carbons (Fsp3) is 0.250. The molecular formula is C8H10BrOZn. The molecule has 0 aliphatic rings. The van der Waals surface area contributed by atoms with Gasteiger partial charge in [-0.2, -0.15) is 0 Å². The molecule has 0 unspecified atom stereocenters. The van der Waals surface area contributed by atoms with Crippen LogP contribution >= 0.6 is 17.0 Å². The van der Waals surface area contributed by atoms with Gasteiger partial charge in [0.25, 0.3) is 0 Å². The Kier molecular flexibility index (Phi) is 5.80. The van der Waals surface area contributed by atoms with Crippen LogP contribution in [0.2, 0.25) is 0 Å². The van der Waals surface area contributed by atoms with Crippen LogP contribution < -0.4 is 4.74 Å². The van der Waals surface area contributed by atoms with Crippen LogP contribution in [0.4, 0.5) is 0 Å². The molecule has 0 aliphatic heterocycles. The van der Waals surface area contributed by atoms with Crippen molar-refractivity contribution in [3.05, 3.63) is 29.8 Å². The third-order valence-corrected chi connectivity index (χ3v) is 2.63. The van der Waals surface area contributed by atoms with Gasteiger partial charge in [0.1, 0.15) is 0 Å². The van der Waals surface area contributed by atoms with Gasteiger partial charge in [-0.3, -0.25) is 0 Å². The van der Waals surface area contributed by atoms with Crippen LogP contribution in [0.15, 0.2) is 24.3 Å². The second-order valence-corrected chi connectivity index (χ2v) is 3.15. The van der Waals surface area contributed by atoms with Crippen LogP contribution in [0.1, 0.15) is 5.56 Å². The van der Waals surface area contributed by atoms with Crippen molar-refractivity contribution in [2.75, 3.05) is 7.11 Å². The topological polar surface area (TPSA) is 9.23 Å². The molecule has 0 aliphatic carbocycles. The maximum atomic E-state index is 5.07. The van der Waals surface area contributed by atoms with Crippen molar-refractivity contribution in [1.29, 1.82) is 0 Å². The fourth-order valence-corrected chi connectivity index (χ4v) is 1.48. The first-order valence-electron chi connectivity index (χ1n) is 3.29. The number of rotatable bonds is 2. The van der Waals surface area contributed by atoms with Crippen LogP contribution in [-0.2, 0) is 23.3 Å². The van der Waals surface area contributed by atoms with Crippen LogP contribution in [0.3, 0.4) is 0 Å². The van der Waals surface area contributed by atoms with E-state index < -0.39 is 0 Å². The molecule has 0 saturated carbocycles. The van der Waals surface area contributed by atoms with Crippen LogP contribution in [0, 0.1) is 0 Å². The Labute approximate surface area is 87.6 Å². The van der Waals surface area contributed by atoms with Gasteiger partial charge in [-0.25, -0.2) is 0 Å². The number of halogens is 1. The SMILES string of the molecule is Br.COc1cccc([CH2][Zn])c1. The van der Waals surface area contributed by atoms with E-state index in [-0.39, 0.29) is 17.0 Å². The van der Waals surface area contributed by atoms with E-state index in [1.165, 1.54) is 28.9 Å². The van der Waals surface area contributed by atoms with Crippen molar-refractivity contribution >= 4 is 17.0 Å². The van der Waals surface area contributed by atoms with Gasteiger partial charge in [0, 0.05) is 0 Å². The van der Waals surface area contributed by atoms with Gasteiger partial charge in [-0.05, 0) is 0 Å². The Morgan fingerprint density at radius 3 is 2.73 bits per heavy atom. The minimum absolute atomic E-state index is 0. The van der Waals surface area contributed by atoms with Crippen molar-refractivity contribution in [1.82, 2.24) is 0 Å². The Hall–Kier alpha value is 0.123. The molecule has 0 heterocycles. The van der Waals surface area contributed by atoms with Crippen molar-refractivity contribution in [2.45, 2.75) is 5.02 Å². The summed E-state index contributed by atoms with van der Waals surface area (Å²) in [7, 11) is 1.70. The molecule has 0 atom stereocenters. The summed E-state index contributed by atoms with van der Waals surface area (Å²) in [5.41, 5.74) is 1.37. The third-order valence-electron chi connectivity index (χ3n) is 1.42. The molecule has 0 fully saturated rings. The van der Waals surface area contributed by atoms with Crippen LogP contribution in [0.5, 0.6) is 5.75 Å². The monoisotopic (exact) mass is 265 g/mol. The standard InChI is InChI=1S/C8H9O.BrH.Zn/c1-7-4-3-5-8(6-7)9-2;;/h3-6H,1H2,2H3;1H;. The van der Waals surface area contributed by atoms with Gasteiger partial charge in [-0.1, -0.05) is 0 Å². The number of hydrogen-bond acceptors (Lipinski definition) is 1. The van der Waals surface area contributed by atoms with Crippen LogP contribution in [-0.4, -0.2) is 7.11 Å². The molecule has 0 aromatic heterocycles. The van der Waals surface area contributed by atoms with Crippen molar-refractivity contribution in [2.24, 2.45) is 0 Å². The fourth-order valence-electron chi connectivity index (χ4n) is 0.828. The molecule has 0 radical (unpaired) electrons. The summed E-state index contributed by atoms with van der Waals surface area (Å²) in [6.45, 7) is 0. The zero-order chi connectivity index (χ0) is 7.40. The van der Waals surface area contributed by atoms with E-state index in [1.54, 1.807) is 7.11 Å². The summed E-state index contributed by atoms with van der Waals surface area (Å²) in [5, 5.41) is 1.19. The molecule has 1 rings (SSSR count). The summed E-state index contributed by atoms with van der Waals surface area (Å²) < 4.78 is 5.07. The van der Waals surface area contributed by atoms with Gasteiger partial charge in [0.2, 0.25) is 0 Å². The van der Waals surface area contributed by atoms with Gasteiger partial charge in [0.05, 0.1) is 0 Å². The predicted molar refractivity (Wildman–Crippen MR) is 47.0 cm³/mol. The Bertz CT molecular complexity index is 196. The Balaban J connectivity index is 0.000001000. The predicted octanol–water partition coefficient (Wildman–Crippen LogP) is 2.32. The Morgan fingerprint density at radius 1 is 1.45 bits per heavy atom. The zero-order valence-electron chi connectivity index (χ0n) is 6.54. The van der Waals surface area contributed by atoms with E-state index in [0.29, 0.717) is 0 Å². The number of ether oxygens (including phenoxy) is 1. The minimum atomic E-state index is 0. The normalized spacial score (nSPS) is 8.64. The summed E-state index contributed by atoms with van der Waals surface area (Å²) in [6, 6.07) is 8.22. The van der Waals surface area contributed by atoms with Crippen LogP contribution in [0.25, 0.3) is 0 Å².